The SMILES string of the molecule is CC1C2CC3CC1CC(C2)C3(CC(=O)O)Cc1ccc(O)cc1.Cc1ccc(C2(CC(=O)O)C3CC4CC2CC(C3)C4C)cc1. The Morgan fingerprint density at radius 1 is 0.644 bits per heavy atom. The highest BCUT2D eigenvalue weighted by Gasteiger charge is 2.61. The summed E-state index contributed by atoms with van der Waals surface area (Å²) in [7, 11) is 0. The first-order chi connectivity index (χ1) is 21.5. The molecule has 8 bridgehead atoms. The molecule has 45 heavy (non-hydrogen) atoms. The maximum absolute atomic E-state index is 11.7. The van der Waals surface area contributed by atoms with Gasteiger partial charge in [0.15, 0.2) is 0 Å². The molecule has 3 N–H and O–H groups in total. The van der Waals surface area contributed by atoms with Gasteiger partial charge in [0.2, 0.25) is 0 Å². The third kappa shape index (κ3) is 5.21. The van der Waals surface area contributed by atoms with Crippen molar-refractivity contribution in [3.8, 4) is 5.75 Å². The quantitative estimate of drug-likeness (QED) is 0.291. The minimum atomic E-state index is -0.649. The third-order valence-electron chi connectivity index (χ3n) is 14.7. The number of aliphatic carboxylic acids is 2. The van der Waals surface area contributed by atoms with Crippen molar-refractivity contribution in [3.05, 3.63) is 65.2 Å². The Labute approximate surface area is 268 Å². The second kappa shape index (κ2) is 11.5. The number of benzene rings is 2. The van der Waals surface area contributed by atoms with Gasteiger partial charge in [-0.25, -0.2) is 0 Å². The van der Waals surface area contributed by atoms with Crippen molar-refractivity contribution >= 4 is 11.9 Å². The predicted molar refractivity (Wildman–Crippen MR) is 175 cm³/mol. The first-order valence-electron chi connectivity index (χ1n) is 17.8. The molecular weight excluding hydrogens is 560 g/mol. The molecule has 242 valence electrons. The summed E-state index contributed by atoms with van der Waals surface area (Å²) in [6.07, 6.45) is 11.3. The largest absolute Gasteiger partial charge is 0.508 e. The number of carboxylic acid groups (broad SMARTS) is 2. The van der Waals surface area contributed by atoms with Gasteiger partial charge in [-0.15, -0.1) is 0 Å². The Bertz CT molecular complexity index is 1350. The van der Waals surface area contributed by atoms with Crippen LogP contribution in [0.4, 0.5) is 0 Å². The van der Waals surface area contributed by atoms with Crippen molar-refractivity contribution in [1.29, 1.82) is 0 Å². The first-order valence-corrected chi connectivity index (χ1v) is 17.8. The van der Waals surface area contributed by atoms with Crippen LogP contribution in [0.15, 0.2) is 48.5 Å². The number of carbonyl (C=O) groups is 2. The van der Waals surface area contributed by atoms with E-state index in [-0.39, 0.29) is 16.6 Å². The Morgan fingerprint density at radius 3 is 1.49 bits per heavy atom. The van der Waals surface area contributed by atoms with Gasteiger partial charge in [0, 0.05) is 5.41 Å². The summed E-state index contributed by atoms with van der Waals surface area (Å²) in [5, 5.41) is 28.7. The zero-order valence-corrected chi connectivity index (χ0v) is 27.3. The van der Waals surface area contributed by atoms with Crippen LogP contribution in [-0.4, -0.2) is 27.3 Å². The summed E-state index contributed by atoms with van der Waals surface area (Å²) in [4.78, 5) is 23.4. The van der Waals surface area contributed by atoms with Crippen LogP contribution in [0.3, 0.4) is 0 Å². The van der Waals surface area contributed by atoms with E-state index in [2.05, 4.69) is 45.0 Å². The van der Waals surface area contributed by atoms with E-state index in [1.54, 1.807) is 12.1 Å². The summed E-state index contributed by atoms with van der Waals surface area (Å²) in [6, 6.07) is 16.1. The van der Waals surface area contributed by atoms with Crippen LogP contribution in [0.2, 0.25) is 0 Å². The van der Waals surface area contributed by atoms with E-state index in [9.17, 15) is 24.9 Å². The van der Waals surface area contributed by atoms with Crippen LogP contribution in [-0.2, 0) is 21.4 Å². The molecule has 8 saturated carbocycles. The minimum absolute atomic E-state index is 0.0735. The fraction of sp³-hybridized carbons (Fsp3) is 0.650. The van der Waals surface area contributed by atoms with Crippen LogP contribution in [0.25, 0.3) is 0 Å². The zero-order chi connectivity index (χ0) is 31.7. The van der Waals surface area contributed by atoms with Gasteiger partial charge in [0.05, 0.1) is 12.8 Å². The number of phenolic OH excluding ortho intramolecular Hbond substituents is 1. The van der Waals surface area contributed by atoms with Gasteiger partial charge in [-0.2, -0.15) is 0 Å². The molecule has 0 aliphatic heterocycles. The van der Waals surface area contributed by atoms with Gasteiger partial charge >= 0.3 is 11.9 Å². The Hall–Kier alpha value is -2.82. The second-order valence-electron chi connectivity index (χ2n) is 16.6. The first kappa shape index (κ1) is 30.8. The average Bonchev–Trinajstić information content (AvgIpc) is 2.97. The topological polar surface area (TPSA) is 94.8 Å². The molecule has 0 unspecified atom stereocenters. The number of hydrogen-bond donors (Lipinski definition) is 3. The Kier molecular flexibility index (Phi) is 7.84. The van der Waals surface area contributed by atoms with E-state index >= 15 is 0 Å². The van der Waals surface area contributed by atoms with Crippen molar-refractivity contribution in [1.82, 2.24) is 0 Å². The van der Waals surface area contributed by atoms with Crippen molar-refractivity contribution in [2.45, 2.75) is 96.8 Å². The van der Waals surface area contributed by atoms with Gasteiger partial charge < -0.3 is 15.3 Å². The van der Waals surface area contributed by atoms with Crippen LogP contribution in [0, 0.1) is 71.5 Å². The molecule has 8 aliphatic rings. The molecule has 2 aromatic rings. The average molecular weight is 613 g/mol. The zero-order valence-electron chi connectivity index (χ0n) is 27.3. The van der Waals surface area contributed by atoms with Crippen LogP contribution >= 0.6 is 0 Å². The van der Waals surface area contributed by atoms with Gasteiger partial charge in [-0.1, -0.05) is 55.8 Å². The molecule has 0 aromatic heterocycles. The van der Waals surface area contributed by atoms with Gasteiger partial charge in [0.25, 0.3) is 0 Å². The fourth-order valence-corrected chi connectivity index (χ4v) is 12.5. The lowest BCUT2D eigenvalue weighted by Gasteiger charge is -2.63. The number of phenols is 1. The molecule has 0 spiro atoms. The van der Waals surface area contributed by atoms with Gasteiger partial charge in [-0.3, -0.25) is 9.59 Å². The highest BCUT2D eigenvalue weighted by Crippen LogP contribution is 2.67. The smallest absolute Gasteiger partial charge is 0.304 e. The molecule has 2 aromatic carbocycles. The Morgan fingerprint density at radius 2 is 1.07 bits per heavy atom. The van der Waals surface area contributed by atoms with E-state index in [0.717, 1.165) is 41.9 Å². The molecule has 0 saturated heterocycles. The molecule has 8 aliphatic carbocycles. The lowest BCUT2D eigenvalue weighted by Crippen LogP contribution is -2.58. The van der Waals surface area contributed by atoms with E-state index < -0.39 is 11.9 Å². The van der Waals surface area contributed by atoms with Crippen molar-refractivity contribution in [3.63, 3.8) is 0 Å². The maximum Gasteiger partial charge on any atom is 0.304 e. The van der Waals surface area contributed by atoms with E-state index in [4.69, 9.17) is 0 Å². The normalized spacial score (nSPS) is 41.8. The van der Waals surface area contributed by atoms with Gasteiger partial charge in [0.1, 0.15) is 5.75 Å². The number of aromatic hydroxyl groups is 1. The third-order valence-corrected chi connectivity index (χ3v) is 14.7. The molecular formula is C40H52O5. The van der Waals surface area contributed by atoms with Crippen LogP contribution < -0.4 is 0 Å². The highest BCUT2D eigenvalue weighted by atomic mass is 16.4. The van der Waals surface area contributed by atoms with Crippen molar-refractivity contribution in [2.75, 3.05) is 0 Å². The highest BCUT2D eigenvalue weighted by molar-refractivity contribution is 5.70. The molecule has 8 fully saturated rings. The second-order valence-corrected chi connectivity index (χ2v) is 16.6. The lowest BCUT2D eigenvalue weighted by atomic mass is 9.41. The molecule has 0 amide bonds. The summed E-state index contributed by atoms with van der Waals surface area (Å²) >= 11 is 0. The van der Waals surface area contributed by atoms with Crippen molar-refractivity contribution < 1.29 is 24.9 Å². The summed E-state index contributed by atoms with van der Waals surface area (Å²) < 4.78 is 0. The van der Waals surface area contributed by atoms with Crippen LogP contribution in [0.1, 0.15) is 94.7 Å². The molecule has 0 atom stereocenters. The van der Waals surface area contributed by atoms with Gasteiger partial charge in [-0.05, 0) is 153 Å². The standard InChI is InChI=1S/C20H26O3.C20H26O2/c1-12-14-6-16-8-15(12)9-17(7-14)20(16,11-19(22)23)10-13-2-4-18(21)5-3-13;1-12-3-5-16(6-4-12)20(11-19(21)22)17-7-14-8-18(20)10-15(9-17)13(14)2/h2-5,12,14-17,21H,6-11H2,1H3,(H,22,23);3-6,13-15,17-18H,7-11H2,1-2H3,(H,21,22). The predicted octanol–water partition coefficient (Wildman–Crippen LogP) is 8.51. The summed E-state index contributed by atoms with van der Waals surface area (Å²) in [6.45, 7) is 6.94. The lowest BCUT2D eigenvalue weighted by molar-refractivity contribution is -0.162. The molecule has 10 rings (SSSR count). The van der Waals surface area contributed by atoms with E-state index in [1.807, 2.05) is 12.1 Å². The van der Waals surface area contributed by atoms with Crippen molar-refractivity contribution in [2.24, 2.45) is 64.6 Å². The van der Waals surface area contributed by atoms with E-state index in [0.29, 0.717) is 36.5 Å². The number of hydrogen-bond acceptors (Lipinski definition) is 3. The number of rotatable bonds is 7. The fourth-order valence-electron chi connectivity index (χ4n) is 12.5. The monoisotopic (exact) mass is 612 g/mol. The number of carboxylic acids is 2. The van der Waals surface area contributed by atoms with E-state index in [1.165, 1.54) is 68.1 Å². The molecule has 0 heterocycles. The molecule has 5 heteroatoms. The summed E-state index contributed by atoms with van der Waals surface area (Å²) in [5.41, 5.74) is 3.54. The number of aryl methyl sites for hydroxylation is 1. The minimum Gasteiger partial charge on any atom is -0.508 e. The molecule has 0 radical (unpaired) electrons. The van der Waals surface area contributed by atoms with Crippen LogP contribution in [0.5, 0.6) is 5.75 Å². The maximum atomic E-state index is 11.7. The molecule has 5 nitrogen and oxygen atoms in total. The summed E-state index contributed by atoms with van der Waals surface area (Å²) in [5.74, 6) is 6.29. The Balaban J connectivity index is 0.000000145.